The Morgan fingerprint density at radius 3 is 2.81 bits per heavy atom. The van der Waals surface area contributed by atoms with Crippen LogP contribution in [0.3, 0.4) is 0 Å². The Kier molecular flexibility index (Phi) is 3.06. The minimum Gasteiger partial charge on any atom is -0.477 e. The van der Waals surface area contributed by atoms with E-state index in [0.717, 1.165) is 5.39 Å². The summed E-state index contributed by atoms with van der Waals surface area (Å²) in [5, 5.41) is 14.3. The molecule has 0 radical (unpaired) electrons. The predicted molar refractivity (Wildman–Crippen MR) is 76.7 cm³/mol. The molecule has 3 aromatic rings. The molecule has 0 fully saturated rings. The largest absolute Gasteiger partial charge is 0.477 e. The number of para-hydroxylation sites is 1. The lowest BCUT2D eigenvalue weighted by atomic mass is 10.2. The summed E-state index contributed by atoms with van der Waals surface area (Å²) < 4.78 is 7.21. The monoisotopic (exact) mass is 283 g/mol. The van der Waals surface area contributed by atoms with Crippen LogP contribution in [0, 0.1) is 6.92 Å². The zero-order valence-electron chi connectivity index (χ0n) is 11.6. The van der Waals surface area contributed by atoms with Gasteiger partial charge in [-0.1, -0.05) is 18.2 Å². The summed E-state index contributed by atoms with van der Waals surface area (Å²) in [5.41, 5.74) is 1.15. The quantitative estimate of drug-likeness (QED) is 0.799. The number of nitrogens with zero attached hydrogens (tertiary/aromatic N) is 3. The van der Waals surface area contributed by atoms with Gasteiger partial charge in [-0.05, 0) is 19.1 Å². The van der Waals surface area contributed by atoms with Gasteiger partial charge in [-0.25, -0.2) is 9.48 Å². The highest BCUT2D eigenvalue weighted by atomic mass is 16.5. The van der Waals surface area contributed by atoms with E-state index in [1.54, 1.807) is 26.2 Å². The minimum atomic E-state index is -1.07. The first-order valence-electron chi connectivity index (χ1n) is 6.36. The second kappa shape index (κ2) is 4.90. The molecule has 6 nitrogen and oxygen atoms in total. The van der Waals surface area contributed by atoms with Crippen molar-refractivity contribution >= 4 is 16.9 Å². The van der Waals surface area contributed by atoms with Gasteiger partial charge in [-0.2, -0.15) is 5.10 Å². The number of aryl methyl sites for hydroxylation is 2. The van der Waals surface area contributed by atoms with Crippen LogP contribution in [-0.2, 0) is 7.05 Å². The Morgan fingerprint density at radius 1 is 1.29 bits per heavy atom. The third kappa shape index (κ3) is 2.20. The number of carboxylic acids is 1. The van der Waals surface area contributed by atoms with Crippen LogP contribution in [0.15, 0.2) is 36.5 Å². The maximum Gasteiger partial charge on any atom is 0.343 e. The molecule has 6 heteroatoms. The van der Waals surface area contributed by atoms with Gasteiger partial charge in [0.05, 0.1) is 5.69 Å². The van der Waals surface area contributed by atoms with Gasteiger partial charge >= 0.3 is 5.97 Å². The van der Waals surface area contributed by atoms with Crippen molar-refractivity contribution in [3.8, 4) is 11.6 Å². The molecule has 106 valence electrons. The van der Waals surface area contributed by atoms with Crippen LogP contribution >= 0.6 is 0 Å². The SMILES string of the molecule is Cc1nn(C)c(Oc2cccc3cccnc23)c1C(=O)O. The zero-order chi connectivity index (χ0) is 15.0. The average molecular weight is 283 g/mol. The lowest BCUT2D eigenvalue weighted by Crippen LogP contribution is -2.02. The van der Waals surface area contributed by atoms with E-state index in [4.69, 9.17) is 4.74 Å². The molecule has 0 atom stereocenters. The third-order valence-electron chi connectivity index (χ3n) is 3.19. The van der Waals surface area contributed by atoms with Crippen molar-refractivity contribution in [1.29, 1.82) is 0 Å². The molecule has 0 aliphatic rings. The number of aromatic carboxylic acids is 1. The number of aromatic nitrogens is 3. The topological polar surface area (TPSA) is 77.2 Å². The molecular formula is C15H13N3O3. The number of ether oxygens (including phenoxy) is 1. The highest BCUT2D eigenvalue weighted by Gasteiger charge is 2.22. The average Bonchev–Trinajstić information content (AvgIpc) is 2.73. The van der Waals surface area contributed by atoms with Crippen LogP contribution in [0.4, 0.5) is 0 Å². The zero-order valence-corrected chi connectivity index (χ0v) is 11.6. The van der Waals surface area contributed by atoms with Crippen LogP contribution in [0.5, 0.6) is 11.6 Å². The molecule has 3 rings (SSSR count). The fraction of sp³-hybridized carbons (Fsp3) is 0.133. The van der Waals surface area contributed by atoms with E-state index in [0.29, 0.717) is 17.0 Å². The number of carboxylic acid groups (broad SMARTS) is 1. The number of fused-ring (bicyclic) bond motifs is 1. The second-order valence-corrected chi connectivity index (χ2v) is 4.63. The molecule has 1 aromatic carbocycles. The van der Waals surface area contributed by atoms with Crippen LogP contribution in [0.25, 0.3) is 10.9 Å². The number of carbonyl (C=O) groups is 1. The molecule has 1 N–H and O–H groups in total. The van der Waals surface area contributed by atoms with Crippen LogP contribution < -0.4 is 4.74 Å². The van der Waals surface area contributed by atoms with Gasteiger partial charge in [0.1, 0.15) is 11.1 Å². The fourth-order valence-electron chi connectivity index (χ4n) is 2.26. The summed E-state index contributed by atoms with van der Waals surface area (Å²) in [4.78, 5) is 15.6. The molecule has 0 aliphatic carbocycles. The smallest absolute Gasteiger partial charge is 0.343 e. The van der Waals surface area contributed by atoms with Crippen molar-refractivity contribution < 1.29 is 14.6 Å². The standard InChI is InChI=1S/C15H13N3O3/c1-9-12(15(19)20)14(18(2)17-9)21-11-7-3-5-10-6-4-8-16-13(10)11/h3-8H,1-2H3,(H,19,20). The maximum absolute atomic E-state index is 11.4. The highest BCUT2D eigenvalue weighted by Crippen LogP contribution is 2.31. The molecular weight excluding hydrogens is 270 g/mol. The lowest BCUT2D eigenvalue weighted by Gasteiger charge is -2.09. The van der Waals surface area contributed by atoms with Gasteiger partial charge in [0.25, 0.3) is 0 Å². The van der Waals surface area contributed by atoms with Gasteiger partial charge < -0.3 is 9.84 Å². The van der Waals surface area contributed by atoms with Gasteiger partial charge in [0, 0.05) is 18.6 Å². The lowest BCUT2D eigenvalue weighted by molar-refractivity contribution is 0.0693. The summed E-state index contributed by atoms with van der Waals surface area (Å²) in [7, 11) is 1.65. The van der Waals surface area contributed by atoms with E-state index in [2.05, 4.69) is 10.1 Å². The van der Waals surface area contributed by atoms with E-state index in [1.807, 2.05) is 24.3 Å². The van der Waals surface area contributed by atoms with Crippen molar-refractivity contribution in [2.45, 2.75) is 6.92 Å². The van der Waals surface area contributed by atoms with Crippen molar-refractivity contribution in [3.63, 3.8) is 0 Å². The Balaban J connectivity index is 2.14. The Labute approximate surface area is 120 Å². The predicted octanol–water partition coefficient (Wildman–Crippen LogP) is 2.77. The number of benzene rings is 1. The molecule has 0 aliphatic heterocycles. The number of rotatable bonds is 3. The molecule has 2 heterocycles. The van der Waals surface area contributed by atoms with E-state index >= 15 is 0 Å². The van der Waals surface area contributed by atoms with Crippen molar-refractivity contribution in [2.75, 3.05) is 0 Å². The molecule has 0 spiro atoms. The summed E-state index contributed by atoms with van der Waals surface area (Å²) in [5.74, 6) is -0.374. The maximum atomic E-state index is 11.4. The molecule has 2 aromatic heterocycles. The van der Waals surface area contributed by atoms with Crippen molar-refractivity contribution in [3.05, 3.63) is 47.8 Å². The number of hydrogen-bond acceptors (Lipinski definition) is 4. The first-order chi connectivity index (χ1) is 10.1. The van der Waals surface area contributed by atoms with Gasteiger partial charge in [-0.15, -0.1) is 0 Å². The van der Waals surface area contributed by atoms with Gasteiger partial charge in [0.15, 0.2) is 5.75 Å². The number of hydrogen-bond donors (Lipinski definition) is 1. The summed E-state index contributed by atoms with van der Waals surface area (Å²) in [6, 6.07) is 9.26. The fourth-order valence-corrected chi connectivity index (χ4v) is 2.26. The van der Waals surface area contributed by atoms with E-state index in [-0.39, 0.29) is 11.4 Å². The molecule has 0 amide bonds. The number of pyridine rings is 1. The van der Waals surface area contributed by atoms with Gasteiger partial charge in [-0.3, -0.25) is 4.98 Å². The normalized spacial score (nSPS) is 10.8. The van der Waals surface area contributed by atoms with Crippen LogP contribution in [-0.4, -0.2) is 25.8 Å². The molecule has 21 heavy (non-hydrogen) atoms. The van der Waals surface area contributed by atoms with E-state index < -0.39 is 5.97 Å². The highest BCUT2D eigenvalue weighted by molar-refractivity contribution is 5.92. The van der Waals surface area contributed by atoms with E-state index in [9.17, 15) is 9.90 Å². The Morgan fingerprint density at radius 2 is 2.05 bits per heavy atom. The third-order valence-corrected chi connectivity index (χ3v) is 3.19. The summed E-state index contributed by atoms with van der Waals surface area (Å²) in [6.45, 7) is 1.64. The molecule has 0 saturated carbocycles. The van der Waals surface area contributed by atoms with Gasteiger partial charge in [0.2, 0.25) is 5.88 Å². The molecule has 0 unspecified atom stereocenters. The van der Waals surface area contributed by atoms with Crippen molar-refractivity contribution in [1.82, 2.24) is 14.8 Å². The van der Waals surface area contributed by atoms with E-state index in [1.165, 1.54) is 4.68 Å². The first-order valence-corrected chi connectivity index (χ1v) is 6.36. The Hall–Kier alpha value is -2.89. The minimum absolute atomic E-state index is 0.0606. The van der Waals surface area contributed by atoms with Crippen molar-refractivity contribution in [2.24, 2.45) is 7.05 Å². The summed E-state index contributed by atoms with van der Waals surface area (Å²) >= 11 is 0. The second-order valence-electron chi connectivity index (χ2n) is 4.63. The van der Waals surface area contributed by atoms with Crippen LogP contribution in [0.2, 0.25) is 0 Å². The Bertz CT molecular complexity index is 834. The first kappa shape index (κ1) is 13.1. The molecule has 0 bridgehead atoms. The summed E-state index contributed by atoms with van der Waals surface area (Å²) in [6.07, 6.45) is 1.67. The molecule has 0 saturated heterocycles. The van der Waals surface area contributed by atoms with Crippen LogP contribution in [0.1, 0.15) is 16.1 Å².